The average Bonchev–Trinajstić information content (AvgIpc) is 2.26. The van der Waals surface area contributed by atoms with Crippen molar-refractivity contribution in [3.05, 3.63) is 34.6 Å². The van der Waals surface area contributed by atoms with E-state index < -0.39 is 12.0 Å². The van der Waals surface area contributed by atoms with Gasteiger partial charge in [0.25, 0.3) is 0 Å². The Bertz CT molecular complexity index is 395. The summed E-state index contributed by atoms with van der Waals surface area (Å²) >= 11 is 0. The van der Waals surface area contributed by atoms with Crippen LogP contribution in [0.3, 0.4) is 0 Å². The molecule has 0 fully saturated rings. The summed E-state index contributed by atoms with van der Waals surface area (Å²) in [5.41, 5.74) is 2.08. The molecule has 0 radical (unpaired) electrons. The van der Waals surface area contributed by atoms with Crippen LogP contribution >= 0.6 is 0 Å². The SMILES string of the molecule is CCC(NCc1cc(C)c(F)c(C)c1)C(=O)O. The lowest BCUT2D eigenvalue weighted by Gasteiger charge is -2.13. The number of carboxylic acid groups (broad SMARTS) is 1. The third-order valence-electron chi connectivity index (χ3n) is 2.76. The fraction of sp³-hybridized carbons (Fsp3) is 0.462. The van der Waals surface area contributed by atoms with Gasteiger partial charge in [-0.2, -0.15) is 0 Å². The highest BCUT2D eigenvalue weighted by Gasteiger charge is 2.14. The zero-order valence-electron chi connectivity index (χ0n) is 10.4. The maximum Gasteiger partial charge on any atom is 0.320 e. The van der Waals surface area contributed by atoms with Crippen LogP contribution in [-0.2, 0) is 11.3 Å². The second kappa shape index (κ2) is 5.77. The zero-order chi connectivity index (χ0) is 13.0. The number of aryl methyl sites for hydroxylation is 2. The fourth-order valence-corrected chi connectivity index (χ4v) is 1.78. The van der Waals surface area contributed by atoms with Crippen LogP contribution in [-0.4, -0.2) is 17.1 Å². The highest BCUT2D eigenvalue weighted by atomic mass is 19.1. The number of rotatable bonds is 5. The van der Waals surface area contributed by atoms with E-state index in [9.17, 15) is 9.18 Å². The molecule has 1 atom stereocenters. The Morgan fingerprint density at radius 1 is 1.41 bits per heavy atom. The van der Waals surface area contributed by atoms with Crippen LogP contribution in [0.25, 0.3) is 0 Å². The molecule has 1 unspecified atom stereocenters. The van der Waals surface area contributed by atoms with E-state index in [1.807, 2.05) is 6.92 Å². The Morgan fingerprint density at radius 2 is 1.94 bits per heavy atom. The van der Waals surface area contributed by atoms with Crippen LogP contribution in [0.2, 0.25) is 0 Å². The van der Waals surface area contributed by atoms with E-state index in [-0.39, 0.29) is 5.82 Å². The van der Waals surface area contributed by atoms with Crippen LogP contribution < -0.4 is 5.32 Å². The fourth-order valence-electron chi connectivity index (χ4n) is 1.78. The molecule has 0 bridgehead atoms. The summed E-state index contributed by atoms with van der Waals surface area (Å²) in [4.78, 5) is 10.8. The molecule has 1 aromatic rings. The van der Waals surface area contributed by atoms with Gasteiger partial charge in [0, 0.05) is 6.54 Å². The Balaban J connectivity index is 2.73. The number of carboxylic acids is 1. The Labute approximate surface area is 101 Å². The van der Waals surface area contributed by atoms with Crippen LogP contribution in [0.5, 0.6) is 0 Å². The van der Waals surface area contributed by atoms with Gasteiger partial charge in [-0.05, 0) is 37.0 Å². The zero-order valence-corrected chi connectivity index (χ0v) is 10.4. The van der Waals surface area contributed by atoms with Crippen molar-refractivity contribution in [1.29, 1.82) is 0 Å². The smallest absolute Gasteiger partial charge is 0.320 e. The van der Waals surface area contributed by atoms with E-state index in [1.54, 1.807) is 26.0 Å². The summed E-state index contributed by atoms with van der Waals surface area (Å²) in [6, 6.07) is 2.93. The van der Waals surface area contributed by atoms with Crippen molar-refractivity contribution in [2.75, 3.05) is 0 Å². The number of hydrogen-bond donors (Lipinski definition) is 2. The van der Waals surface area contributed by atoms with Crippen molar-refractivity contribution in [1.82, 2.24) is 5.32 Å². The molecule has 0 saturated heterocycles. The highest BCUT2D eigenvalue weighted by Crippen LogP contribution is 2.14. The van der Waals surface area contributed by atoms with E-state index in [0.717, 1.165) is 5.56 Å². The standard InChI is InChI=1S/C13H18FNO2/c1-4-11(13(16)17)15-7-10-5-8(2)12(14)9(3)6-10/h5-6,11,15H,4,7H2,1-3H3,(H,16,17). The number of benzene rings is 1. The summed E-state index contributed by atoms with van der Waals surface area (Å²) in [6.07, 6.45) is 0.522. The van der Waals surface area contributed by atoms with Gasteiger partial charge in [0.1, 0.15) is 11.9 Å². The van der Waals surface area contributed by atoms with E-state index in [1.165, 1.54) is 0 Å². The molecule has 0 aliphatic carbocycles. The average molecular weight is 239 g/mol. The van der Waals surface area contributed by atoms with Crippen molar-refractivity contribution in [2.24, 2.45) is 0 Å². The van der Waals surface area contributed by atoms with Gasteiger partial charge in [0.2, 0.25) is 0 Å². The molecule has 3 nitrogen and oxygen atoms in total. The monoisotopic (exact) mass is 239 g/mol. The lowest BCUT2D eigenvalue weighted by Crippen LogP contribution is -2.35. The number of carbonyl (C=O) groups is 1. The maximum absolute atomic E-state index is 13.4. The summed E-state index contributed by atoms with van der Waals surface area (Å²) < 4.78 is 13.4. The van der Waals surface area contributed by atoms with Crippen molar-refractivity contribution >= 4 is 5.97 Å². The Morgan fingerprint density at radius 3 is 2.35 bits per heavy atom. The van der Waals surface area contributed by atoms with Crippen LogP contribution in [0.15, 0.2) is 12.1 Å². The number of hydrogen-bond acceptors (Lipinski definition) is 2. The van der Waals surface area contributed by atoms with Gasteiger partial charge >= 0.3 is 5.97 Å². The molecular formula is C13H18FNO2. The molecule has 17 heavy (non-hydrogen) atoms. The largest absolute Gasteiger partial charge is 0.480 e. The number of halogens is 1. The minimum atomic E-state index is -0.858. The second-order valence-corrected chi connectivity index (χ2v) is 4.22. The Kier molecular flexibility index (Phi) is 4.63. The first-order valence-corrected chi connectivity index (χ1v) is 5.67. The van der Waals surface area contributed by atoms with Crippen LogP contribution in [0.4, 0.5) is 4.39 Å². The predicted molar refractivity (Wildman–Crippen MR) is 64.4 cm³/mol. The van der Waals surface area contributed by atoms with Crippen LogP contribution in [0.1, 0.15) is 30.0 Å². The molecule has 0 aliphatic rings. The molecule has 1 aromatic carbocycles. The topological polar surface area (TPSA) is 49.3 Å². The quantitative estimate of drug-likeness (QED) is 0.829. The first kappa shape index (κ1) is 13.6. The molecule has 0 spiro atoms. The summed E-state index contributed by atoms with van der Waals surface area (Å²) in [5, 5.41) is 11.8. The molecule has 4 heteroatoms. The maximum atomic E-state index is 13.4. The first-order valence-electron chi connectivity index (χ1n) is 5.67. The summed E-state index contributed by atoms with van der Waals surface area (Å²) in [7, 11) is 0. The molecule has 0 amide bonds. The molecule has 2 N–H and O–H groups in total. The van der Waals surface area contributed by atoms with Gasteiger partial charge in [-0.1, -0.05) is 19.1 Å². The van der Waals surface area contributed by atoms with E-state index in [4.69, 9.17) is 5.11 Å². The normalized spacial score (nSPS) is 12.5. The van der Waals surface area contributed by atoms with Crippen molar-refractivity contribution in [3.8, 4) is 0 Å². The molecule has 0 heterocycles. The van der Waals surface area contributed by atoms with E-state index in [2.05, 4.69) is 5.32 Å². The summed E-state index contributed by atoms with van der Waals surface area (Å²) in [5.74, 6) is -1.05. The van der Waals surface area contributed by atoms with Crippen LogP contribution in [0, 0.1) is 19.7 Å². The third kappa shape index (κ3) is 3.53. The second-order valence-electron chi connectivity index (χ2n) is 4.22. The lowest BCUT2D eigenvalue weighted by atomic mass is 10.1. The van der Waals surface area contributed by atoms with Crippen molar-refractivity contribution in [3.63, 3.8) is 0 Å². The molecule has 1 rings (SSSR count). The molecule has 94 valence electrons. The number of nitrogens with one attached hydrogen (secondary N) is 1. The van der Waals surface area contributed by atoms with Crippen molar-refractivity contribution in [2.45, 2.75) is 39.8 Å². The Hall–Kier alpha value is -1.42. The molecular weight excluding hydrogens is 221 g/mol. The minimum absolute atomic E-state index is 0.195. The first-order chi connectivity index (χ1) is 7.95. The van der Waals surface area contributed by atoms with Gasteiger partial charge in [-0.3, -0.25) is 4.79 Å². The molecule has 0 saturated carbocycles. The molecule has 0 aromatic heterocycles. The third-order valence-corrected chi connectivity index (χ3v) is 2.76. The van der Waals surface area contributed by atoms with Gasteiger partial charge in [0.05, 0.1) is 0 Å². The van der Waals surface area contributed by atoms with Gasteiger partial charge in [-0.25, -0.2) is 4.39 Å². The van der Waals surface area contributed by atoms with Crippen molar-refractivity contribution < 1.29 is 14.3 Å². The summed E-state index contributed by atoms with van der Waals surface area (Å²) in [6.45, 7) is 5.67. The van der Waals surface area contributed by atoms with Gasteiger partial charge in [0.15, 0.2) is 0 Å². The van der Waals surface area contributed by atoms with Gasteiger partial charge in [-0.15, -0.1) is 0 Å². The minimum Gasteiger partial charge on any atom is -0.480 e. The highest BCUT2D eigenvalue weighted by molar-refractivity contribution is 5.73. The number of aliphatic carboxylic acids is 1. The van der Waals surface area contributed by atoms with Gasteiger partial charge < -0.3 is 10.4 Å². The van der Waals surface area contributed by atoms with E-state index >= 15 is 0 Å². The predicted octanol–water partition coefficient (Wildman–Crippen LogP) is 2.40. The van der Waals surface area contributed by atoms with E-state index in [0.29, 0.717) is 24.1 Å². The lowest BCUT2D eigenvalue weighted by molar-refractivity contribution is -0.139. The molecule has 0 aliphatic heterocycles.